The molecule has 1 unspecified atom stereocenters. The number of unbranched alkanes of at least 4 members (excludes halogenated alkanes) is 2. The minimum atomic E-state index is -0.460. The van der Waals surface area contributed by atoms with Crippen LogP contribution in [0.15, 0.2) is 47.6 Å². The number of nitriles is 1. The third kappa shape index (κ3) is 7.31. The van der Waals surface area contributed by atoms with E-state index in [4.69, 9.17) is 11.0 Å². The van der Waals surface area contributed by atoms with E-state index in [1.807, 2.05) is 12.2 Å². The van der Waals surface area contributed by atoms with Crippen LogP contribution < -0.4 is 5.73 Å². The van der Waals surface area contributed by atoms with Gasteiger partial charge in [0.15, 0.2) is 0 Å². The Morgan fingerprint density at radius 3 is 2.52 bits per heavy atom. The van der Waals surface area contributed by atoms with Gasteiger partial charge in [-0.3, -0.25) is 4.79 Å². The lowest BCUT2D eigenvalue weighted by molar-refractivity contribution is -0.114. The first-order valence-electron chi connectivity index (χ1n) is 7.46. The van der Waals surface area contributed by atoms with Crippen molar-refractivity contribution < 1.29 is 4.79 Å². The molecule has 114 valence electrons. The lowest BCUT2D eigenvalue weighted by Crippen LogP contribution is -2.15. The van der Waals surface area contributed by atoms with Crippen LogP contribution >= 0.6 is 0 Å². The molecule has 0 bridgehead atoms. The molecule has 0 spiro atoms. The van der Waals surface area contributed by atoms with E-state index >= 15 is 0 Å². The Kier molecular flexibility index (Phi) is 9.62. The van der Waals surface area contributed by atoms with Crippen LogP contribution in [-0.4, -0.2) is 5.91 Å². The summed E-state index contributed by atoms with van der Waals surface area (Å²) in [5.41, 5.74) is 7.13. The number of allylic oxidation sites excluding steroid dienone is 5. The van der Waals surface area contributed by atoms with E-state index < -0.39 is 5.91 Å². The fraction of sp³-hybridized carbons (Fsp3) is 0.444. The van der Waals surface area contributed by atoms with Gasteiger partial charge in [0.1, 0.15) is 0 Å². The van der Waals surface area contributed by atoms with Gasteiger partial charge in [-0.05, 0) is 24.0 Å². The number of carbonyl (C=O) groups is 1. The van der Waals surface area contributed by atoms with E-state index in [0.29, 0.717) is 22.6 Å². The van der Waals surface area contributed by atoms with Crippen molar-refractivity contribution in [2.24, 2.45) is 11.7 Å². The number of carbonyl (C=O) groups excluding carboxylic acids is 1. The second-order valence-electron chi connectivity index (χ2n) is 5.05. The van der Waals surface area contributed by atoms with Gasteiger partial charge in [-0.15, -0.1) is 0 Å². The van der Waals surface area contributed by atoms with E-state index in [1.165, 1.54) is 6.08 Å². The molecule has 1 atom stereocenters. The van der Waals surface area contributed by atoms with E-state index in [0.717, 1.165) is 25.7 Å². The Hall–Kier alpha value is -2.08. The second-order valence-corrected chi connectivity index (χ2v) is 5.05. The lowest BCUT2D eigenvalue weighted by Gasteiger charge is -2.09. The molecule has 2 N–H and O–H groups in total. The van der Waals surface area contributed by atoms with Crippen LogP contribution in [0, 0.1) is 17.2 Å². The molecule has 0 aromatic carbocycles. The molecule has 0 aliphatic rings. The number of nitrogens with two attached hydrogens (primary N) is 1. The van der Waals surface area contributed by atoms with Crippen molar-refractivity contribution in [3.05, 3.63) is 47.6 Å². The number of hydrogen-bond donors (Lipinski definition) is 1. The molecule has 0 aromatic heterocycles. The molecule has 0 saturated heterocycles. The zero-order valence-electron chi connectivity index (χ0n) is 13.4. The zero-order chi connectivity index (χ0) is 16.3. The molecule has 0 radical (unpaired) electrons. The predicted octanol–water partition coefficient (Wildman–Crippen LogP) is 4.20. The van der Waals surface area contributed by atoms with Gasteiger partial charge in [-0.1, -0.05) is 64.8 Å². The van der Waals surface area contributed by atoms with Gasteiger partial charge in [0, 0.05) is 5.57 Å². The number of rotatable bonds is 9. The first-order chi connectivity index (χ1) is 9.99. The maximum atomic E-state index is 11.7. The van der Waals surface area contributed by atoms with Gasteiger partial charge in [-0.25, -0.2) is 0 Å². The van der Waals surface area contributed by atoms with Crippen LogP contribution in [0.25, 0.3) is 0 Å². The molecule has 3 heteroatoms. The summed E-state index contributed by atoms with van der Waals surface area (Å²) < 4.78 is 0. The summed E-state index contributed by atoms with van der Waals surface area (Å²) in [4.78, 5) is 11.7. The molecule has 3 nitrogen and oxygen atoms in total. The SMILES string of the molecule is C=C\C(C#N)=C/C(=C\C(C)CC)C(=C\CCCC)/C(N)=O. The highest BCUT2D eigenvalue weighted by atomic mass is 16.1. The summed E-state index contributed by atoms with van der Waals surface area (Å²) in [5.74, 6) is -0.159. The average Bonchev–Trinajstić information content (AvgIpc) is 2.47. The zero-order valence-corrected chi connectivity index (χ0v) is 13.4. The van der Waals surface area contributed by atoms with Gasteiger partial charge < -0.3 is 5.73 Å². The van der Waals surface area contributed by atoms with Crippen LogP contribution in [0.4, 0.5) is 0 Å². The van der Waals surface area contributed by atoms with Crippen LogP contribution in [-0.2, 0) is 4.79 Å². The highest BCUT2D eigenvalue weighted by Gasteiger charge is 2.11. The fourth-order valence-corrected chi connectivity index (χ4v) is 1.76. The maximum Gasteiger partial charge on any atom is 0.248 e. The first-order valence-corrected chi connectivity index (χ1v) is 7.46. The number of nitrogens with zero attached hydrogens (tertiary/aromatic N) is 1. The Morgan fingerprint density at radius 2 is 2.10 bits per heavy atom. The quantitative estimate of drug-likeness (QED) is 0.299. The van der Waals surface area contributed by atoms with Crippen LogP contribution in [0.3, 0.4) is 0 Å². The van der Waals surface area contributed by atoms with Gasteiger partial charge >= 0.3 is 0 Å². The van der Waals surface area contributed by atoms with Crippen molar-refractivity contribution in [1.29, 1.82) is 5.26 Å². The molecule has 0 aromatic rings. The molecule has 0 fully saturated rings. The molecular weight excluding hydrogens is 260 g/mol. The van der Waals surface area contributed by atoms with Crippen LogP contribution in [0.5, 0.6) is 0 Å². The largest absolute Gasteiger partial charge is 0.366 e. The minimum absolute atomic E-state index is 0.301. The Bertz CT molecular complexity index is 490. The van der Waals surface area contributed by atoms with E-state index in [1.54, 1.807) is 6.08 Å². The Labute approximate surface area is 128 Å². The lowest BCUT2D eigenvalue weighted by atomic mass is 9.95. The topological polar surface area (TPSA) is 66.9 Å². The maximum absolute atomic E-state index is 11.7. The first kappa shape index (κ1) is 18.9. The number of hydrogen-bond acceptors (Lipinski definition) is 2. The highest BCUT2D eigenvalue weighted by molar-refractivity contribution is 5.97. The molecule has 0 aliphatic heterocycles. The summed E-state index contributed by atoms with van der Waals surface area (Å²) in [6.45, 7) is 9.85. The fourth-order valence-electron chi connectivity index (χ4n) is 1.76. The predicted molar refractivity (Wildman–Crippen MR) is 88.2 cm³/mol. The summed E-state index contributed by atoms with van der Waals surface area (Å²) in [6, 6.07) is 2.06. The van der Waals surface area contributed by atoms with Crippen LogP contribution in [0.2, 0.25) is 0 Å². The normalized spacial score (nSPS) is 14.5. The monoisotopic (exact) mass is 286 g/mol. The van der Waals surface area contributed by atoms with Gasteiger partial charge in [0.05, 0.1) is 11.6 Å². The molecule has 1 amide bonds. The average molecular weight is 286 g/mol. The Balaban J connectivity index is 5.73. The van der Waals surface area contributed by atoms with Gasteiger partial charge in [0.2, 0.25) is 5.91 Å². The van der Waals surface area contributed by atoms with Gasteiger partial charge in [-0.2, -0.15) is 5.26 Å². The summed E-state index contributed by atoms with van der Waals surface area (Å²) in [7, 11) is 0. The summed E-state index contributed by atoms with van der Waals surface area (Å²) >= 11 is 0. The van der Waals surface area contributed by atoms with E-state index in [9.17, 15) is 4.79 Å². The van der Waals surface area contributed by atoms with Crippen molar-refractivity contribution in [3.63, 3.8) is 0 Å². The van der Waals surface area contributed by atoms with Crippen molar-refractivity contribution >= 4 is 5.91 Å². The second kappa shape index (κ2) is 10.7. The molecule has 0 heterocycles. The summed E-state index contributed by atoms with van der Waals surface area (Å²) in [5, 5.41) is 9.05. The van der Waals surface area contributed by atoms with E-state index in [-0.39, 0.29) is 0 Å². The summed E-state index contributed by atoms with van der Waals surface area (Å²) in [6.07, 6.45) is 10.8. The number of primary amides is 1. The standard InChI is InChI=1S/C18H26N2O/c1-5-8-9-10-17(18(20)21)16(11-14(4)6-2)12-15(7-3)13-19/h7,10-12,14H,3,5-6,8-9H2,1-2,4H3,(H2,20,21)/b15-12+,16-11+,17-10+. The molecule has 0 aliphatic carbocycles. The van der Waals surface area contributed by atoms with Crippen molar-refractivity contribution in [2.45, 2.75) is 46.5 Å². The molecule has 0 saturated carbocycles. The highest BCUT2D eigenvalue weighted by Crippen LogP contribution is 2.19. The third-order valence-corrected chi connectivity index (χ3v) is 3.25. The number of amides is 1. The third-order valence-electron chi connectivity index (χ3n) is 3.25. The molecular formula is C18H26N2O. The van der Waals surface area contributed by atoms with E-state index in [2.05, 4.69) is 33.4 Å². The smallest absolute Gasteiger partial charge is 0.248 e. The molecule has 21 heavy (non-hydrogen) atoms. The van der Waals surface area contributed by atoms with Crippen molar-refractivity contribution in [1.82, 2.24) is 0 Å². The minimum Gasteiger partial charge on any atom is -0.366 e. The Morgan fingerprint density at radius 1 is 1.43 bits per heavy atom. The molecule has 0 rings (SSSR count). The van der Waals surface area contributed by atoms with Crippen LogP contribution in [0.1, 0.15) is 46.5 Å². The van der Waals surface area contributed by atoms with Crippen molar-refractivity contribution in [2.75, 3.05) is 0 Å². The van der Waals surface area contributed by atoms with Gasteiger partial charge in [0.25, 0.3) is 0 Å². The van der Waals surface area contributed by atoms with Crippen molar-refractivity contribution in [3.8, 4) is 6.07 Å².